The van der Waals surface area contributed by atoms with Gasteiger partial charge in [0.1, 0.15) is 0 Å². The van der Waals surface area contributed by atoms with Gasteiger partial charge in [-0.3, -0.25) is 14.9 Å². The molecule has 6 nitrogen and oxygen atoms in total. The molecule has 0 radical (unpaired) electrons. The molecule has 0 saturated heterocycles. The van der Waals surface area contributed by atoms with Gasteiger partial charge in [-0.1, -0.05) is 18.2 Å². The van der Waals surface area contributed by atoms with Gasteiger partial charge in [0.05, 0.1) is 6.26 Å². The molecule has 2 heterocycles. The van der Waals surface area contributed by atoms with Crippen LogP contribution in [0.4, 0.5) is 0 Å². The van der Waals surface area contributed by atoms with Gasteiger partial charge in [0.2, 0.25) is 17.2 Å². The molecule has 0 aliphatic carbocycles. The predicted octanol–water partition coefficient (Wildman–Crippen LogP) is 2.25. The molecule has 1 aliphatic heterocycles. The minimum absolute atomic E-state index is 0.244. The number of aliphatic hydroxyl groups excluding tert-OH is 1. The third kappa shape index (κ3) is 2.14. The summed E-state index contributed by atoms with van der Waals surface area (Å²) in [6.45, 7) is 1.46. The van der Waals surface area contributed by atoms with E-state index in [0.717, 1.165) is 0 Å². The fraction of sp³-hybridized carbons (Fsp3) is 0.125. The Labute approximate surface area is 126 Å². The largest absolute Gasteiger partial charge is 0.501 e. The van der Waals surface area contributed by atoms with Gasteiger partial charge in [0.25, 0.3) is 11.7 Å². The number of carbonyl (C=O) groups excluding carboxylic acids is 2. The maximum Gasteiger partial charge on any atom is 0.258 e. The van der Waals surface area contributed by atoms with Gasteiger partial charge in [0.15, 0.2) is 5.76 Å². The monoisotopic (exact) mass is 299 g/mol. The molecule has 1 aliphatic rings. The standard InChI is InChI=1S/C16H13NO5/c1-16(11-8-5-9-21-11)13(19)12(18)15(22-16)17-14(20)10-6-3-2-4-7-10/h2-9,18H,1H3,(H,17,20). The average molecular weight is 299 g/mol. The fourth-order valence-electron chi connectivity index (χ4n) is 2.19. The highest BCUT2D eigenvalue weighted by atomic mass is 16.5. The molecule has 6 heteroatoms. The number of rotatable bonds is 3. The van der Waals surface area contributed by atoms with Crippen LogP contribution in [0.1, 0.15) is 23.0 Å². The topological polar surface area (TPSA) is 88.8 Å². The van der Waals surface area contributed by atoms with Crippen LogP contribution in [0.5, 0.6) is 0 Å². The van der Waals surface area contributed by atoms with Crippen molar-refractivity contribution in [1.29, 1.82) is 0 Å². The van der Waals surface area contributed by atoms with E-state index in [1.807, 2.05) is 0 Å². The van der Waals surface area contributed by atoms with Gasteiger partial charge in [-0.2, -0.15) is 0 Å². The number of carbonyl (C=O) groups is 2. The predicted molar refractivity (Wildman–Crippen MR) is 75.7 cm³/mol. The van der Waals surface area contributed by atoms with Crippen molar-refractivity contribution in [3.63, 3.8) is 0 Å². The van der Waals surface area contributed by atoms with Crippen LogP contribution >= 0.6 is 0 Å². The van der Waals surface area contributed by atoms with Crippen LogP contribution < -0.4 is 5.32 Å². The number of Topliss-reactive ketones (excluding diaryl/α,β-unsaturated/α-hetero) is 1. The van der Waals surface area contributed by atoms with Crippen molar-refractivity contribution in [3.05, 3.63) is 71.7 Å². The highest BCUT2D eigenvalue weighted by Gasteiger charge is 2.50. The Morgan fingerprint density at radius 3 is 2.55 bits per heavy atom. The van der Waals surface area contributed by atoms with Crippen LogP contribution in [0, 0.1) is 0 Å². The number of amides is 1. The van der Waals surface area contributed by atoms with Crippen LogP contribution in [0.15, 0.2) is 64.8 Å². The highest BCUT2D eigenvalue weighted by molar-refractivity contribution is 6.03. The first-order chi connectivity index (χ1) is 10.5. The first-order valence-corrected chi connectivity index (χ1v) is 6.60. The lowest BCUT2D eigenvalue weighted by molar-refractivity contribution is -0.133. The molecule has 3 rings (SSSR count). The summed E-state index contributed by atoms with van der Waals surface area (Å²) in [4.78, 5) is 24.3. The Morgan fingerprint density at radius 1 is 1.18 bits per heavy atom. The summed E-state index contributed by atoms with van der Waals surface area (Å²) in [6.07, 6.45) is 1.40. The SMILES string of the molecule is CC1(c2ccco2)OC(NC(=O)c2ccccc2)=C(O)C1=O. The molecule has 112 valence electrons. The van der Waals surface area contributed by atoms with Crippen molar-refractivity contribution in [2.24, 2.45) is 0 Å². The average Bonchev–Trinajstić information content (AvgIpc) is 3.14. The normalized spacial score (nSPS) is 20.9. The van der Waals surface area contributed by atoms with Crippen LogP contribution in [-0.4, -0.2) is 16.8 Å². The van der Waals surface area contributed by atoms with E-state index in [4.69, 9.17) is 9.15 Å². The Bertz CT molecular complexity index is 748. The third-order valence-electron chi connectivity index (χ3n) is 3.42. The summed E-state index contributed by atoms with van der Waals surface area (Å²) in [5, 5.41) is 12.3. The second-order valence-electron chi connectivity index (χ2n) is 4.94. The van der Waals surface area contributed by atoms with Gasteiger partial charge < -0.3 is 14.3 Å². The van der Waals surface area contributed by atoms with Gasteiger partial charge in [0, 0.05) is 5.56 Å². The molecule has 22 heavy (non-hydrogen) atoms. The summed E-state index contributed by atoms with van der Waals surface area (Å²) in [5.74, 6) is -1.83. The fourth-order valence-corrected chi connectivity index (χ4v) is 2.19. The number of furan rings is 1. The molecule has 2 aromatic rings. The molecular formula is C16H13NO5. The zero-order valence-electron chi connectivity index (χ0n) is 11.7. The van der Waals surface area contributed by atoms with Gasteiger partial charge in [-0.05, 0) is 31.2 Å². The molecule has 0 bridgehead atoms. The van der Waals surface area contributed by atoms with Crippen molar-refractivity contribution in [2.75, 3.05) is 0 Å². The molecule has 1 amide bonds. The summed E-state index contributed by atoms with van der Waals surface area (Å²) in [7, 11) is 0. The molecule has 1 aromatic carbocycles. The maximum atomic E-state index is 12.2. The lowest BCUT2D eigenvalue weighted by Gasteiger charge is -2.20. The Balaban J connectivity index is 1.84. The van der Waals surface area contributed by atoms with E-state index in [2.05, 4.69) is 5.32 Å². The first-order valence-electron chi connectivity index (χ1n) is 6.60. The number of benzene rings is 1. The number of nitrogens with one attached hydrogen (secondary N) is 1. The molecule has 1 unspecified atom stereocenters. The molecular weight excluding hydrogens is 286 g/mol. The smallest absolute Gasteiger partial charge is 0.258 e. The Morgan fingerprint density at radius 2 is 1.91 bits per heavy atom. The van der Waals surface area contributed by atoms with Crippen LogP contribution in [0.3, 0.4) is 0 Å². The number of ether oxygens (including phenoxy) is 1. The van der Waals surface area contributed by atoms with Crippen LogP contribution in [0.2, 0.25) is 0 Å². The molecule has 0 spiro atoms. The van der Waals surface area contributed by atoms with Crippen molar-refractivity contribution in [2.45, 2.75) is 12.5 Å². The van der Waals surface area contributed by atoms with Crippen LogP contribution in [0.25, 0.3) is 0 Å². The lowest BCUT2D eigenvalue weighted by atomic mass is 9.98. The number of hydrogen-bond donors (Lipinski definition) is 2. The maximum absolute atomic E-state index is 12.2. The van der Waals surface area contributed by atoms with Crippen molar-refractivity contribution in [3.8, 4) is 0 Å². The minimum Gasteiger partial charge on any atom is -0.501 e. The van der Waals surface area contributed by atoms with Crippen molar-refractivity contribution in [1.82, 2.24) is 5.32 Å². The van der Waals surface area contributed by atoms with E-state index in [1.54, 1.807) is 42.5 Å². The lowest BCUT2D eigenvalue weighted by Crippen LogP contribution is -2.31. The van der Waals surface area contributed by atoms with Crippen LogP contribution in [-0.2, 0) is 15.1 Å². The second kappa shape index (κ2) is 5.07. The summed E-state index contributed by atoms with van der Waals surface area (Å²) >= 11 is 0. The van der Waals surface area contributed by atoms with Gasteiger partial charge in [-0.25, -0.2) is 0 Å². The zero-order chi connectivity index (χ0) is 15.7. The van der Waals surface area contributed by atoms with E-state index in [-0.39, 0.29) is 11.6 Å². The van der Waals surface area contributed by atoms with E-state index >= 15 is 0 Å². The second-order valence-corrected chi connectivity index (χ2v) is 4.94. The van der Waals surface area contributed by atoms with E-state index < -0.39 is 23.1 Å². The van der Waals surface area contributed by atoms with E-state index in [0.29, 0.717) is 5.56 Å². The first kappa shape index (κ1) is 13.9. The van der Waals surface area contributed by atoms with Crippen molar-refractivity contribution >= 4 is 11.7 Å². The summed E-state index contributed by atoms with van der Waals surface area (Å²) in [6, 6.07) is 11.6. The minimum atomic E-state index is -1.49. The summed E-state index contributed by atoms with van der Waals surface area (Å²) < 4.78 is 10.6. The van der Waals surface area contributed by atoms with Gasteiger partial charge >= 0.3 is 0 Å². The molecule has 1 atom stereocenters. The summed E-state index contributed by atoms with van der Waals surface area (Å²) in [5.41, 5.74) is -1.11. The van der Waals surface area contributed by atoms with Gasteiger partial charge in [-0.15, -0.1) is 0 Å². The molecule has 1 aromatic heterocycles. The number of aliphatic hydroxyl groups is 1. The van der Waals surface area contributed by atoms with Crippen molar-refractivity contribution < 1.29 is 23.8 Å². The highest BCUT2D eigenvalue weighted by Crippen LogP contribution is 2.37. The quantitative estimate of drug-likeness (QED) is 0.907. The molecule has 2 N–H and O–H groups in total. The third-order valence-corrected chi connectivity index (χ3v) is 3.42. The number of hydrogen-bond acceptors (Lipinski definition) is 5. The number of ketones is 1. The Kier molecular flexibility index (Phi) is 3.21. The molecule has 0 fully saturated rings. The van der Waals surface area contributed by atoms with E-state index in [9.17, 15) is 14.7 Å². The van der Waals surface area contributed by atoms with E-state index in [1.165, 1.54) is 13.2 Å². The Hall–Kier alpha value is -3.02. The molecule has 0 saturated carbocycles. The zero-order valence-corrected chi connectivity index (χ0v) is 11.7.